The maximum Gasteiger partial charge on any atom is 0.292 e. The molecule has 2 unspecified atom stereocenters. The highest BCUT2D eigenvalue weighted by molar-refractivity contribution is 5.63. The van der Waals surface area contributed by atoms with Crippen molar-refractivity contribution in [1.29, 1.82) is 0 Å². The molecule has 0 bridgehead atoms. The monoisotopic (exact) mass is 264 g/mol. The molecular formula is C14H20N2O3. The van der Waals surface area contributed by atoms with Crippen LogP contribution < -0.4 is 5.32 Å². The number of hydrogen-bond acceptors (Lipinski definition) is 4. The summed E-state index contributed by atoms with van der Waals surface area (Å²) in [4.78, 5) is 10.7. The van der Waals surface area contributed by atoms with E-state index in [1.165, 1.54) is 0 Å². The zero-order valence-corrected chi connectivity index (χ0v) is 11.4. The van der Waals surface area contributed by atoms with Crippen molar-refractivity contribution in [3.63, 3.8) is 0 Å². The quantitative estimate of drug-likeness (QED) is 0.669. The Morgan fingerprint density at radius 1 is 1.42 bits per heavy atom. The normalized spacial score (nSPS) is 23.1. The Morgan fingerprint density at radius 3 is 2.89 bits per heavy atom. The molecule has 1 aromatic carbocycles. The fraction of sp³-hybridized carbons (Fsp3) is 0.571. The Kier molecular flexibility index (Phi) is 4.37. The van der Waals surface area contributed by atoms with Crippen LogP contribution in [0.15, 0.2) is 18.2 Å². The van der Waals surface area contributed by atoms with Crippen LogP contribution in [0.25, 0.3) is 0 Å². The van der Waals surface area contributed by atoms with Crippen LogP contribution in [0.2, 0.25) is 0 Å². The smallest absolute Gasteiger partial charge is 0.292 e. The highest BCUT2D eigenvalue weighted by Gasteiger charge is 2.24. The molecule has 1 aromatic rings. The number of nitro groups is 1. The van der Waals surface area contributed by atoms with Crippen molar-refractivity contribution in [2.24, 2.45) is 0 Å². The molecule has 1 saturated carbocycles. The molecule has 0 spiro atoms. The van der Waals surface area contributed by atoms with E-state index in [1.807, 2.05) is 13.0 Å². The lowest BCUT2D eigenvalue weighted by Crippen LogP contribution is -2.31. The molecule has 0 saturated heterocycles. The van der Waals surface area contributed by atoms with Crippen molar-refractivity contribution in [2.45, 2.75) is 44.8 Å². The third-order valence-electron chi connectivity index (χ3n) is 3.67. The van der Waals surface area contributed by atoms with E-state index in [9.17, 15) is 10.1 Å². The number of aryl methyl sites for hydroxylation is 1. The van der Waals surface area contributed by atoms with Crippen molar-refractivity contribution in [2.75, 3.05) is 12.4 Å². The van der Waals surface area contributed by atoms with Gasteiger partial charge in [-0.3, -0.25) is 10.1 Å². The third kappa shape index (κ3) is 3.44. The van der Waals surface area contributed by atoms with Crippen LogP contribution in [0.5, 0.6) is 0 Å². The van der Waals surface area contributed by atoms with E-state index in [1.54, 1.807) is 19.2 Å². The summed E-state index contributed by atoms with van der Waals surface area (Å²) in [5, 5.41) is 14.4. The molecule has 0 aromatic heterocycles. The van der Waals surface area contributed by atoms with E-state index in [4.69, 9.17) is 4.74 Å². The maximum atomic E-state index is 11.0. The lowest BCUT2D eigenvalue weighted by Gasteiger charge is -2.29. The van der Waals surface area contributed by atoms with E-state index < -0.39 is 0 Å². The first kappa shape index (κ1) is 13.8. The number of nitro benzene ring substituents is 1. The molecular weight excluding hydrogens is 244 g/mol. The van der Waals surface area contributed by atoms with Gasteiger partial charge in [0.1, 0.15) is 5.69 Å². The van der Waals surface area contributed by atoms with E-state index in [0.29, 0.717) is 5.69 Å². The van der Waals surface area contributed by atoms with Gasteiger partial charge in [0, 0.05) is 19.2 Å². The summed E-state index contributed by atoms with van der Waals surface area (Å²) in [6.07, 6.45) is 4.36. The topological polar surface area (TPSA) is 64.4 Å². The van der Waals surface area contributed by atoms with Gasteiger partial charge < -0.3 is 10.1 Å². The number of hydrogen-bond donors (Lipinski definition) is 1. The maximum absolute atomic E-state index is 11.0. The number of methoxy groups -OCH3 is 1. The Labute approximate surface area is 113 Å². The molecule has 19 heavy (non-hydrogen) atoms. The molecule has 1 fully saturated rings. The van der Waals surface area contributed by atoms with Gasteiger partial charge in [-0.2, -0.15) is 0 Å². The van der Waals surface area contributed by atoms with Crippen LogP contribution in [-0.4, -0.2) is 24.2 Å². The molecule has 5 heteroatoms. The molecule has 1 aliphatic rings. The SMILES string of the molecule is COC1CCCC(Nc2cc(C)ccc2[N+](=O)[O-])C1. The molecule has 104 valence electrons. The molecule has 5 nitrogen and oxygen atoms in total. The van der Waals surface area contributed by atoms with Gasteiger partial charge >= 0.3 is 0 Å². The van der Waals surface area contributed by atoms with Gasteiger partial charge in [-0.1, -0.05) is 6.07 Å². The van der Waals surface area contributed by atoms with Gasteiger partial charge in [0.2, 0.25) is 0 Å². The van der Waals surface area contributed by atoms with Gasteiger partial charge in [0.05, 0.1) is 11.0 Å². The highest BCUT2D eigenvalue weighted by atomic mass is 16.6. The van der Waals surface area contributed by atoms with Crippen LogP contribution in [0.1, 0.15) is 31.2 Å². The van der Waals surface area contributed by atoms with Gasteiger partial charge in [-0.15, -0.1) is 0 Å². The number of nitrogens with one attached hydrogen (secondary N) is 1. The Morgan fingerprint density at radius 2 is 2.21 bits per heavy atom. The van der Waals surface area contributed by atoms with Crippen molar-refractivity contribution in [3.8, 4) is 0 Å². The molecule has 0 amide bonds. The third-order valence-corrected chi connectivity index (χ3v) is 3.67. The summed E-state index contributed by atoms with van der Waals surface area (Å²) in [6.45, 7) is 1.94. The van der Waals surface area contributed by atoms with Crippen LogP contribution >= 0.6 is 0 Å². The van der Waals surface area contributed by atoms with Crippen molar-refractivity contribution >= 4 is 11.4 Å². The molecule has 1 aliphatic carbocycles. The number of nitrogens with zero attached hydrogens (tertiary/aromatic N) is 1. The van der Waals surface area contributed by atoms with E-state index in [2.05, 4.69) is 5.32 Å². The van der Waals surface area contributed by atoms with Crippen molar-refractivity contribution in [1.82, 2.24) is 0 Å². The minimum absolute atomic E-state index is 0.144. The first-order valence-electron chi connectivity index (χ1n) is 6.64. The van der Waals surface area contributed by atoms with Gasteiger partial charge in [-0.25, -0.2) is 0 Å². The second-order valence-electron chi connectivity index (χ2n) is 5.14. The van der Waals surface area contributed by atoms with Crippen LogP contribution in [-0.2, 0) is 4.74 Å². The Balaban J connectivity index is 2.13. The summed E-state index contributed by atoms with van der Waals surface area (Å²) in [5.41, 5.74) is 1.78. The summed E-state index contributed by atoms with van der Waals surface area (Å²) in [7, 11) is 1.72. The largest absolute Gasteiger partial charge is 0.381 e. The molecule has 0 heterocycles. The van der Waals surface area contributed by atoms with Crippen LogP contribution in [0, 0.1) is 17.0 Å². The lowest BCUT2D eigenvalue weighted by atomic mass is 9.92. The zero-order valence-electron chi connectivity index (χ0n) is 11.4. The average Bonchev–Trinajstić information content (AvgIpc) is 2.38. The Hall–Kier alpha value is -1.62. The van der Waals surface area contributed by atoms with E-state index in [-0.39, 0.29) is 22.8 Å². The fourth-order valence-corrected chi connectivity index (χ4v) is 2.63. The first-order valence-corrected chi connectivity index (χ1v) is 6.64. The van der Waals surface area contributed by atoms with Crippen molar-refractivity contribution in [3.05, 3.63) is 33.9 Å². The predicted molar refractivity (Wildman–Crippen MR) is 74.5 cm³/mol. The minimum atomic E-state index is -0.335. The van der Waals surface area contributed by atoms with Gasteiger partial charge in [0.15, 0.2) is 0 Å². The summed E-state index contributed by atoms with van der Waals surface area (Å²) in [6, 6.07) is 5.42. The van der Waals surface area contributed by atoms with Gasteiger partial charge in [0.25, 0.3) is 5.69 Å². The average molecular weight is 264 g/mol. The zero-order chi connectivity index (χ0) is 13.8. The summed E-state index contributed by atoms with van der Waals surface area (Å²) >= 11 is 0. The van der Waals surface area contributed by atoms with E-state index >= 15 is 0 Å². The molecule has 0 aliphatic heterocycles. The summed E-state index contributed by atoms with van der Waals surface area (Å²) in [5.74, 6) is 0. The molecule has 2 atom stereocenters. The van der Waals surface area contributed by atoms with E-state index in [0.717, 1.165) is 31.2 Å². The second kappa shape index (κ2) is 6.02. The standard InChI is InChI=1S/C14H20N2O3/c1-10-6-7-14(16(17)18)13(8-10)15-11-4-3-5-12(9-11)19-2/h6-8,11-12,15H,3-5,9H2,1-2H3. The van der Waals surface area contributed by atoms with Crippen LogP contribution in [0.4, 0.5) is 11.4 Å². The fourth-order valence-electron chi connectivity index (χ4n) is 2.63. The second-order valence-corrected chi connectivity index (χ2v) is 5.14. The number of rotatable bonds is 4. The Bertz CT molecular complexity index is 462. The molecule has 1 N–H and O–H groups in total. The number of benzene rings is 1. The number of anilines is 1. The molecule has 2 rings (SSSR count). The van der Waals surface area contributed by atoms with Crippen molar-refractivity contribution < 1.29 is 9.66 Å². The molecule has 0 radical (unpaired) electrons. The summed E-state index contributed by atoms with van der Waals surface area (Å²) < 4.78 is 5.39. The predicted octanol–water partition coefficient (Wildman–Crippen LogP) is 3.27. The first-order chi connectivity index (χ1) is 9.10. The minimum Gasteiger partial charge on any atom is -0.381 e. The lowest BCUT2D eigenvalue weighted by molar-refractivity contribution is -0.384. The number of ether oxygens (including phenoxy) is 1. The van der Waals surface area contributed by atoms with Crippen LogP contribution in [0.3, 0.4) is 0 Å². The van der Waals surface area contributed by atoms with Gasteiger partial charge in [-0.05, 0) is 44.2 Å². The highest BCUT2D eigenvalue weighted by Crippen LogP contribution is 2.29.